The zero-order chi connectivity index (χ0) is 11.8. The van der Waals surface area contributed by atoms with Crippen molar-refractivity contribution < 1.29 is 9.53 Å². The van der Waals surface area contributed by atoms with Crippen LogP contribution in [0.4, 0.5) is 4.79 Å². The number of carbonyl (C=O) groups excluding carboxylic acids is 1. The van der Waals surface area contributed by atoms with Gasteiger partial charge in [0.2, 0.25) is 0 Å². The zero-order valence-corrected chi connectivity index (χ0v) is 9.78. The normalized spacial score (nSPS) is 15.9. The summed E-state index contributed by atoms with van der Waals surface area (Å²) < 4.78 is 4.77. The largest absolute Gasteiger partial charge is 0.441 e. The Hall–Kier alpha value is -1.64. The van der Waals surface area contributed by atoms with E-state index in [-0.39, 0.29) is 12.0 Å². The minimum absolute atomic E-state index is 0.141. The fourth-order valence-corrected chi connectivity index (χ4v) is 1.62. The van der Waals surface area contributed by atoms with Gasteiger partial charge >= 0.3 is 6.09 Å². The first-order chi connectivity index (χ1) is 7.47. The van der Waals surface area contributed by atoms with E-state index in [1.165, 1.54) is 5.56 Å². The molecular weight excluding hydrogens is 202 g/mol. The van der Waals surface area contributed by atoms with Crippen molar-refractivity contribution >= 4 is 11.8 Å². The summed E-state index contributed by atoms with van der Waals surface area (Å²) in [5.74, 6) is 0. The third-order valence-electron chi connectivity index (χ3n) is 2.64. The molecular formula is C13H15NO2. The Morgan fingerprint density at radius 1 is 1.19 bits per heavy atom. The van der Waals surface area contributed by atoms with Crippen molar-refractivity contribution in [1.29, 1.82) is 0 Å². The van der Waals surface area contributed by atoms with Crippen LogP contribution in [0, 0.1) is 0 Å². The fraction of sp³-hybridized carbons (Fsp3) is 0.385. The van der Waals surface area contributed by atoms with E-state index in [0.29, 0.717) is 5.71 Å². The van der Waals surface area contributed by atoms with Gasteiger partial charge in [0.25, 0.3) is 0 Å². The Kier molecular flexibility index (Phi) is 2.54. The number of hydrogen-bond acceptors (Lipinski definition) is 2. The molecule has 1 heterocycles. The topological polar surface area (TPSA) is 38.7 Å². The van der Waals surface area contributed by atoms with Gasteiger partial charge in [-0.15, -0.1) is 0 Å². The lowest BCUT2D eigenvalue weighted by Crippen LogP contribution is -2.11. The maximum Gasteiger partial charge on any atom is 0.434 e. The van der Waals surface area contributed by atoms with Crippen LogP contribution < -0.4 is 0 Å². The molecule has 0 fully saturated rings. The highest BCUT2D eigenvalue weighted by atomic mass is 16.6. The molecule has 0 N–H and O–H groups in total. The van der Waals surface area contributed by atoms with E-state index in [2.05, 4.69) is 37.9 Å². The second kappa shape index (κ2) is 3.74. The van der Waals surface area contributed by atoms with Crippen LogP contribution in [0.25, 0.3) is 0 Å². The monoisotopic (exact) mass is 217 g/mol. The van der Waals surface area contributed by atoms with E-state index in [9.17, 15) is 4.79 Å². The summed E-state index contributed by atoms with van der Waals surface area (Å²) in [5.41, 5.74) is 3.08. The van der Waals surface area contributed by atoms with Gasteiger partial charge in [-0.25, -0.2) is 4.79 Å². The summed E-state index contributed by atoms with van der Waals surface area (Å²) in [6, 6.07) is 8.12. The molecule has 0 bridgehead atoms. The number of cyclic esters (lactones) is 1. The van der Waals surface area contributed by atoms with Crippen LogP contribution in [-0.4, -0.2) is 18.4 Å². The van der Waals surface area contributed by atoms with Crippen molar-refractivity contribution in [1.82, 2.24) is 0 Å². The number of rotatable bonds is 1. The molecule has 0 saturated carbocycles. The van der Waals surface area contributed by atoms with Gasteiger partial charge in [-0.2, -0.15) is 4.99 Å². The minimum atomic E-state index is -0.491. The van der Waals surface area contributed by atoms with Crippen LogP contribution >= 0.6 is 0 Å². The lowest BCUT2D eigenvalue weighted by Gasteiger charge is -2.19. The highest BCUT2D eigenvalue weighted by Crippen LogP contribution is 2.22. The van der Waals surface area contributed by atoms with Crippen LogP contribution in [0.3, 0.4) is 0 Å². The second-order valence-electron chi connectivity index (χ2n) is 4.94. The molecule has 0 atom stereocenters. The maximum atomic E-state index is 10.8. The molecule has 0 saturated heterocycles. The van der Waals surface area contributed by atoms with Crippen molar-refractivity contribution in [3.8, 4) is 0 Å². The van der Waals surface area contributed by atoms with Crippen molar-refractivity contribution in [2.75, 3.05) is 6.61 Å². The van der Waals surface area contributed by atoms with Gasteiger partial charge in [-0.3, -0.25) is 0 Å². The number of nitrogens with zero attached hydrogens (tertiary/aromatic N) is 1. The Morgan fingerprint density at radius 2 is 1.81 bits per heavy atom. The third-order valence-corrected chi connectivity index (χ3v) is 2.64. The van der Waals surface area contributed by atoms with Gasteiger partial charge in [0.15, 0.2) is 0 Å². The first-order valence-corrected chi connectivity index (χ1v) is 5.32. The second-order valence-corrected chi connectivity index (χ2v) is 4.94. The highest BCUT2D eigenvalue weighted by Gasteiger charge is 2.18. The lowest BCUT2D eigenvalue weighted by molar-refractivity contribution is 0.181. The van der Waals surface area contributed by atoms with Crippen LogP contribution in [0.1, 0.15) is 31.9 Å². The van der Waals surface area contributed by atoms with E-state index in [1.807, 2.05) is 12.1 Å². The average Bonchev–Trinajstić information content (AvgIpc) is 2.64. The molecule has 1 aromatic carbocycles. The average molecular weight is 217 g/mol. The molecule has 1 amide bonds. The SMILES string of the molecule is CC(C)(C)c1ccc(C2=NC(=O)OC2)cc1. The van der Waals surface area contributed by atoms with Crippen LogP contribution in [0.5, 0.6) is 0 Å². The Labute approximate surface area is 95.2 Å². The van der Waals surface area contributed by atoms with E-state index in [1.54, 1.807) is 0 Å². The summed E-state index contributed by atoms with van der Waals surface area (Å²) in [6.07, 6.45) is -0.491. The van der Waals surface area contributed by atoms with Crippen LogP contribution in [0.15, 0.2) is 29.3 Å². The number of hydrogen-bond donors (Lipinski definition) is 0. The molecule has 1 aliphatic heterocycles. The van der Waals surface area contributed by atoms with Crippen molar-refractivity contribution in [2.45, 2.75) is 26.2 Å². The van der Waals surface area contributed by atoms with E-state index < -0.39 is 6.09 Å². The molecule has 2 rings (SSSR count). The predicted octanol–water partition coefficient (Wildman–Crippen LogP) is 2.92. The zero-order valence-electron chi connectivity index (χ0n) is 9.78. The predicted molar refractivity (Wildman–Crippen MR) is 63.0 cm³/mol. The number of aliphatic imine (C=N–C) groups is 1. The van der Waals surface area contributed by atoms with E-state index >= 15 is 0 Å². The Morgan fingerprint density at radius 3 is 2.25 bits per heavy atom. The van der Waals surface area contributed by atoms with Gasteiger partial charge in [0.1, 0.15) is 6.61 Å². The molecule has 0 unspecified atom stereocenters. The van der Waals surface area contributed by atoms with Gasteiger partial charge in [0, 0.05) is 0 Å². The van der Waals surface area contributed by atoms with Crippen molar-refractivity contribution in [2.24, 2.45) is 4.99 Å². The smallest absolute Gasteiger partial charge is 0.434 e. The van der Waals surface area contributed by atoms with Gasteiger partial charge in [-0.1, -0.05) is 45.0 Å². The number of ether oxygens (including phenoxy) is 1. The molecule has 0 spiro atoms. The Bertz CT molecular complexity index is 438. The molecule has 3 heteroatoms. The van der Waals surface area contributed by atoms with Gasteiger partial charge < -0.3 is 4.74 Å². The number of benzene rings is 1. The maximum absolute atomic E-state index is 10.8. The first kappa shape index (κ1) is 10.9. The molecule has 3 nitrogen and oxygen atoms in total. The van der Waals surface area contributed by atoms with Gasteiger partial charge in [0.05, 0.1) is 5.71 Å². The summed E-state index contributed by atoms with van der Waals surface area (Å²) in [4.78, 5) is 14.6. The molecule has 1 aliphatic rings. The molecule has 0 aromatic heterocycles. The minimum Gasteiger partial charge on any atom is -0.441 e. The summed E-state index contributed by atoms with van der Waals surface area (Å²) in [7, 11) is 0. The molecule has 0 aliphatic carbocycles. The lowest BCUT2D eigenvalue weighted by atomic mass is 9.86. The molecule has 16 heavy (non-hydrogen) atoms. The van der Waals surface area contributed by atoms with Gasteiger partial charge in [-0.05, 0) is 16.5 Å². The van der Waals surface area contributed by atoms with Crippen molar-refractivity contribution in [3.63, 3.8) is 0 Å². The van der Waals surface area contributed by atoms with Crippen molar-refractivity contribution in [3.05, 3.63) is 35.4 Å². The highest BCUT2D eigenvalue weighted by molar-refractivity contribution is 6.09. The molecule has 84 valence electrons. The van der Waals surface area contributed by atoms with Crippen LogP contribution in [0.2, 0.25) is 0 Å². The number of amides is 1. The summed E-state index contributed by atoms with van der Waals surface area (Å²) in [6.45, 7) is 6.79. The quantitative estimate of drug-likeness (QED) is 0.725. The Balaban J connectivity index is 2.27. The third kappa shape index (κ3) is 2.13. The first-order valence-electron chi connectivity index (χ1n) is 5.32. The molecule has 1 aromatic rings. The molecule has 0 radical (unpaired) electrons. The van der Waals surface area contributed by atoms with Crippen LogP contribution in [-0.2, 0) is 10.2 Å². The standard InChI is InChI=1S/C13H15NO2/c1-13(2,3)10-6-4-9(5-7-10)11-8-16-12(15)14-11/h4-7H,8H2,1-3H3. The van der Waals surface area contributed by atoms with E-state index in [4.69, 9.17) is 4.74 Å². The van der Waals surface area contributed by atoms with E-state index in [0.717, 1.165) is 5.56 Å². The number of carbonyl (C=O) groups is 1. The summed E-state index contributed by atoms with van der Waals surface area (Å²) >= 11 is 0. The fourth-order valence-electron chi connectivity index (χ4n) is 1.62. The summed E-state index contributed by atoms with van der Waals surface area (Å²) in [5, 5.41) is 0.